The Balaban J connectivity index is 1.74. The fourth-order valence-electron chi connectivity index (χ4n) is 3.04. The molecule has 2 unspecified atom stereocenters. The molecule has 2 aliphatic rings. The van der Waals surface area contributed by atoms with Crippen LogP contribution in [0.3, 0.4) is 0 Å². The van der Waals surface area contributed by atoms with Gasteiger partial charge in [-0.15, -0.1) is 0 Å². The summed E-state index contributed by atoms with van der Waals surface area (Å²) in [6.07, 6.45) is 3.75. The lowest BCUT2D eigenvalue weighted by Crippen LogP contribution is -2.55. The summed E-state index contributed by atoms with van der Waals surface area (Å²) in [6.45, 7) is 1.29. The Labute approximate surface area is 136 Å². The van der Waals surface area contributed by atoms with E-state index in [9.17, 15) is 9.59 Å². The van der Waals surface area contributed by atoms with Crippen LogP contribution in [-0.4, -0.2) is 40.8 Å². The molecule has 0 spiro atoms. The van der Waals surface area contributed by atoms with Gasteiger partial charge < -0.3 is 10.2 Å². The summed E-state index contributed by atoms with van der Waals surface area (Å²) < 4.78 is 0.732. The number of pyridine rings is 1. The van der Waals surface area contributed by atoms with Crippen LogP contribution in [0.25, 0.3) is 0 Å². The summed E-state index contributed by atoms with van der Waals surface area (Å²) >= 11 is 9.34. The van der Waals surface area contributed by atoms with Gasteiger partial charge in [-0.1, -0.05) is 11.6 Å². The zero-order chi connectivity index (χ0) is 15.0. The number of halogens is 2. The molecule has 21 heavy (non-hydrogen) atoms. The standard InChI is InChI=1S/C14H15BrClN3O2/c15-9-5-10(13(16)17-6-9)14(21)19-4-3-11-8(7-19)1-2-12(20)18-11/h5-6,8,11H,1-4,7H2,(H,18,20). The van der Waals surface area contributed by atoms with Crippen molar-refractivity contribution >= 4 is 39.3 Å². The van der Waals surface area contributed by atoms with Crippen molar-refractivity contribution in [3.05, 3.63) is 27.5 Å². The molecular weight excluding hydrogens is 358 g/mol. The highest BCUT2D eigenvalue weighted by Crippen LogP contribution is 2.27. The molecule has 0 aliphatic carbocycles. The molecule has 5 nitrogen and oxygen atoms in total. The molecule has 0 bridgehead atoms. The second-order valence-electron chi connectivity index (χ2n) is 5.50. The second-order valence-corrected chi connectivity index (χ2v) is 6.78. The molecule has 2 atom stereocenters. The van der Waals surface area contributed by atoms with Gasteiger partial charge in [-0.3, -0.25) is 9.59 Å². The van der Waals surface area contributed by atoms with E-state index in [4.69, 9.17) is 11.6 Å². The Morgan fingerprint density at radius 3 is 3.10 bits per heavy atom. The largest absolute Gasteiger partial charge is 0.353 e. The molecule has 7 heteroatoms. The number of aromatic nitrogens is 1. The summed E-state index contributed by atoms with van der Waals surface area (Å²) in [5.74, 6) is 0.360. The number of nitrogens with zero attached hydrogens (tertiary/aromatic N) is 2. The first-order chi connectivity index (χ1) is 10.0. The van der Waals surface area contributed by atoms with Crippen molar-refractivity contribution in [1.82, 2.24) is 15.2 Å². The molecule has 112 valence electrons. The lowest BCUT2D eigenvalue weighted by atomic mass is 9.85. The van der Waals surface area contributed by atoms with E-state index in [1.54, 1.807) is 12.3 Å². The number of hydrogen-bond acceptors (Lipinski definition) is 3. The van der Waals surface area contributed by atoms with Gasteiger partial charge in [0.2, 0.25) is 5.91 Å². The molecule has 1 N–H and O–H groups in total. The number of piperidine rings is 2. The topological polar surface area (TPSA) is 62.3 Å². The highest BCUT2D eigenvalue weighted by molar-refractivity contribution is 9.10. The summed E-state index contributed by atoms with van der Waals surface area (Å²) in [5.41, 5.74) is 0.421. The number of rotatable bonds is 1. The summed E-state index contributed by atoms with van der Waals surface area (Å²) in [7, 11) is 0. The zero-order valence-electron chi connectivity index (χ0n) is 11.3. The minimum atomic E-state index is -0.0934. The van der Waals surface area contributed by atoms with Crippen molar-refractivity contribution in [2.24, 2.45) is 5.92 Å². The average Bonchev–Trinajstić information content (AvgIpc) is 2.48. The maximum atomic E-state index is 12.6. The number of carbonyl (C=O) groups excluding carboxylic acids is 2. The Kier molecular flexibility index (Phi) is 4.17. The zero-order valence-corrected chi connectivity index (χ0v) is 13.7. The smallest absolute Gasteiger partial charge is 0.257 e. The van der Waals surface area contributed by atoms with Gasteiger partial charge in [0.25, 0.3) is 5.91 Å². The molecule has 3 rings (SSSR count). The molecule has 3 heterocycles. The van der Waals surface area contributed by atoms with Crippen molar-refractivity contribution in [3.63, 3.8) is 0 Å². The number of hydrogen-bond donors (Lipinski definition) is 1. The lowest BCUT2D eigenvalue weighted by Gasteiger charge is -2.41. The van der Waals surface area contributed by atoms with Gasteiger partial charge in [0.05, 0.1) is 5.56 Å². The van der Waals surface area contributed by atoms with E-state index in [-0.39, 0.29) is 23.0 Å². The molecule has 1 aromatic rings. The van der Waals surface area contributed by atoms with Crippen molar-refractivity contribution in [1.29, 1.82) is 0 Å². The van der Waals surface area contributed by atoms with E-state index in [1.807, 2.05) is 4.90 Å². The predicted molar refractivity (Wildman–Crippen MR) is 82.1 cm³/mol. The van der Waals surface area contributed by atoms with Crippen LogP contribution in [-0.2, 0) is 4.79 Å². The van der Waals surface area contributed by atoms with Gasteiger partial charge in [0, 0.05) is 36.2 Å². The molecule has 2 fully saturated rings. The van der Waals surface area contributed by atoms with Crippen LogP contribution in [0.15, 0.2) is 16.7 Å². The van der Waals surface area contributed by atoms with E-state index in [2.05, 4.69) is 26.2 Å². The minimum Gasteiger partial charge on any atom is -0.353 e. The van der Waals surface area contributed by atoms with Gasteiger partial charge in [0.15, 0.2) is 0 Å². The van der Waals surface area contributed by atoms with Crippen molar-refractivity contribution in [2.45, 2.75) is 25.3 Å². The second kappa shape index (κ2) is 5.93. The predicted octanol–water partition coefficient (Wildman–Crippen LogP) is 2.24. The van der Waals surface area contributed by atoms with E-state index in [0.717, 1.165) is 17.3 Å². The highest BCUT2D eigenvalue weighted by Gasteiger charge is 2.35. The van der Waals surface area contributed by atoms with E-state index >= 15 is 0 Å². The molecular formula is C14H15BrClN3O2. The Bertz CT molecular complexity index is 596. The number of nitrogens with one attached hydrogen (secondary N) is 1. The number of carbonyl (C=O) groups is 2. The van der Waals surface area contributed by atoms with E-state index in [1.165, 1.54) is 0 Å². The molecule has 0 aromatic carbocycles. The van der Waals surface area contributed by atoms with Gasteiger partial charge in [-0.25, -0.2) is 4.98 Å². The summed E-state index contributed by atoms with van der Waals surface area (Å²) in [6, 6.07) is 1.90. The van der Waals surface area contributed by atoms with E-state index < -0.39 is 0 Å². The maximum Gasteiger partial charge on any atom is 0.257 e. The van der Waals surface area contributed by atoms with Crippen LogP contribution >= 0.6 is 27.5 Å². The van der Waals surface area contributed by atoms with Crippen molar-refractivity contribution in [2.75, 3.05) is 13.1 Å². The SMILES string of the molecule is O=C1CCC2CN(C(=O)c3cc(Br)cnc3Cl)CCC2N1. The summed E-state index contributed by atoms with van der Waals surface area (Å²) in [4.78, 5) is 29.8. The first kappa shape index (κ1) is 14.8. The van der Waals surface area contributed by atoms with Crippen LogP contribution in [0.4, 0.5) is 0 Å². The van der Waals surface area contributed by atoms with Gasteiger partial charge in [-0.2, -0.15) is 0 Å². The first-order valence-electron chi connectivity index (χ1n) is 6.94. The molecule has 2 aliphatic heterocycles. The molecule has 0 saturated carbocycles. The molecule has 2 amide bonds. The normalized spacial score (nSPS) is 25.2. The third kappa shape index (κ3) is 3.06. The monoisotopic (exact) mass is 371 g/mol. The minimum absolute atomic E-state index is 0.0934. The molecule has 0 radical (unpaired) electrons. The number of amides is 2. The van der Waals surface area contributed by atoms with Crippen LogP contribution in [0.5, 0.6) is 0 Å². The van der Waals surface area contributed by atoms with Gasteiger partial charge in [0.1, 0.15) is 5.15 Å². The Morgan fingerprint density at radius 2 is 2.29 bits per heavy atom. The molecule has 2 saturated heterocycles. The Hall–Kier alpha value is -1.14. The number of likely N-dealkylation sites (tertiary alicyclic amines) is 1. The lowest BCUT2D eigenvalue weighted by molar-refractivity contribution is -0.125. The average molecular weight is 373 g/mol. The van der Waals surface area contributed by atoms with Gasteiger partial charge in [-0.05, 0) is 40.8 Å². The quantitative estimate of drug-likeness (QED) is 0.769. The summed E-state index contributed by atoms with van der Waals surface area (Å²) in [5, 5.41) is 3.24. The highest BCUT2D eigenvalue weighted by atomic mass is 79.9. The van der Waals surface area contributed by atoms with Crippen molar-refractivity contribution in [3.8, 4) is 0 Å². The van der Waals surface area contributed by atoms with Crippen LogP contribution in [0.1, 0.15) is 29.6 Å². The van der Waals surface area contributed by atoms with Crippen molar-refractivity contribution < 1.29 is 9.59 Å². The van der Waals surface area contributed by atoms with Crippen LogP contribution < -0.4 is 5.32 Å². The number of fused-ring (bicyclic) bond motifs is 1. The Morgan fingerprint density at radius 1 is 1.48 bits per heavy atom. The fourth-order valence-corrected chi connectivity index (χ4v) is 3.55. The van der Waals surface area contributed by atoms with Crippen LogP contribution in [0.2, 0.25) is 5.15 Å². The molecule has 1 aromatic heterocycles. The van der Waals surface area contributed by atoms with E-state index in [0.29, 0.717) is 31.0 Å². The fraction of sp³-hybridized carbons (Fsp3) is 0.500. The first-order valence-corrected chi connectivity index (χ1v) is 8.11. The third-order valence-corrected chi connectivity index (χ3v) is 4.88. The maximum absolute atomic E-state index is 12.6. The third-order valence-electron chi connectivity index (χ3n) is 4.15. The van der Waals surface area contributed by atoms with Crippen LogP contribution in [0, 0.1) is 5.92 Å². The van der Waals surface area contributed by atoms with Gasteiger partial charge >= 0.3 is 0 Å².